The molecule has 0 aliphatic carbocycles. The van der Waals surface area contributed by atoms with Crippen molar-refractivity contribution in [3.63, 3.8) is 0 Å². The van der Waals surface area contributed by atoms with Crippen LogP contribution < -0.4 is 14.3 Å². The van der Waals surface area contributed by atoms with Crippen LogP contribution in [0.25, 0.3) is 10.2 Å². The molecule has 1 aliphatic heterocycles. The third-order valence-corrected chi connectivity index (χ3v) is 7.44. The average molecular weight is 446 g/mol. The summed E-state index contributed by atoms with van der Waals surface area (Å²) in [5.41, 5.74) is 1.16. The van der Waals surface area contributed by atoms with E-state index in [-0.39, 0.29) is 11.7 Å². The topological polar surface area (TPSA) is 90.2 Å². The normalized spacial score (nSPS) is 13.9. The number of hydrogen-bond acceptors (Lipinski definition) is 6. The monoisotopic (exact) mass is 445 g/mol. The third-order valence-electron chi connectivity index (χ3n) is 4.57. The van der Waals surface area contributed by atoms with Crippen molar-refractivity contribution >= 4 is 37.5 Å². The Labute approximate surface area is 177 Å². The molecule has 2 heterocycles. The van der Waals surface area contributed by atoms with E-state index in [1.165, 1.54) is 49.7 Å². The Hall–Kier alpha value is -2.95. The zero-order valence-electron chi connectivity index (χ0n) is 16.4. The van der Waals surface area contributed by atoms with Crippen LogP contribution in [-0.2, 0) is 16.6 Å². The first-order valence-corrected chi connectivity index (χ1v) is 11.2. The predicted octanol–water partition coefficient (Wildman–Crippen LogP) is 2.61. The van der Waals surface area contributed by atoms with E-state index >= 15 is 0 Å². The van der Waals surface area contributed by atoms with Gasteiger partial charge in [0.05, 0.1) is 15.1 Å². The fourth-order valence-corrected chi connectivity index (χ4v) is 4.93. The van der Waals surface area contributed by atoms with Gasteiger partial charge in [-0.3, -0.25) is 4.79 Å². The number of thiazole rings is 1. The summed E-state index contributed by atoms with van der Waals surface area (Å²) in [5.74, 6) is 0.840. The van der Waals surface area contributed by atoms with Crippen LogP contribution in [0.2, 0.25) is 0 Å². The number of rotatable bonds is 5. The number of allylic oxidation sites excluding steroid dienone is 1. The summed E-state index contributed by atoms with van der Waals surface area (Å²) in [5, 5.41) is 0. The van der Waals surface area contributed by atoms with Gasteiger partial charge in [-0.1, -0.05) is 17.4 Å². The maximum atomic E-state index is 12.7. The Morgan fingerprint density at radius 2 is 1.90 bits per heavy atom. The molecule has 0 saturated heterocycles. The molecule has 0 spiro atoms. The highest BCUT2D eigenvalue weighted by molar-refractivity contribution is 7.89. The van der Waals surface area contributed by atoms with Crippen LogP contribution >= 0.6 is 11.3 Å². The van der Waals surface area contributed by atoms with E-state index in [0.29, 0.717) is 28.4 Å². The van der Waals surface area contributed by atoms with Gasteiger partial charge in [0.2, 0.25) is 16.8 Å². The third kappa shape index (κ3) is 3.53. The number of hydrogen-bond donors (Lipinski definition) is 0. The van der Waals surface area contributed by atoms with E-state index < -0.39 is 15.9 Å². The molecule has 0 atom stereocenters. The van der Waals surface area contributed by atoms with Crippen LogP contribution in [0.3, 0.4) is 0 Å². The van der Waals surface area contributed by atoms with E-state index in [0.717, 1.165) is 14.5 Å². The van der Waals surface area contributed by atoms with Crippen molar-refractivity contribution in [1.82, 2.24) is 8.87 Å². The van der Waals surface area contributed by atoms with Crippen molar-refractivity contribution in [2.45, 2.75) is 11.4 Å². The summed E-state index contributed by atoms with van der Waals surface area (Å²) in [6.45, 7) is 4.43. The summed E-state index contributed by atoms with van der Waals surface area (Å²) in [6, 6.07) is 9.46. The van der Waals surface area contributed by atoms with Crippen molar-refractivity contribution in [1.29, 1.82) is 0 Å². The van der Waals surface area contributed by atoms with Gasteiger partial charge < -0.3 is 14.0 Å². The lowest BCUT2D eigenvalue weighted by Gasteiger charge is -2.11. The number of aromatic nitrogens is 1. The van der Waals surface area contributed by atoms with Gasteiger partial charge in [0, 0.05) is 38.3 Å². The van der Waals surface area contributed by atoms with Crippen molar-refractivity contribution in [2.75, 3.05) is 20.9 Å². The molecule has 0 bridgehead atoms. The molecule has 8 nitrogen and oxygen atoms in total. The molecule has 1 amide bonds. The highest BCUT2D eigenvalue weighted by Crippen LogP contribution is 2.37. The van der Waals surface area contributed by atoms with Crippen LogP contribution in [0.4, 0.5) is 0 Å². The van der Waals surface area contributed by atoms with E-state index in [2.05, 4.69) is 11.6 Å². The van der Waals surface area contributed by atoms with Gasteiger partial charge in [0.1, 0.15) is 0 Å². The van der Waals surface area contributed by atoms with Gasteiger partial charge in [-0.15, -0.1) is 6.58 Å². The zero-order chi connectivity index (χ0) is 21.5. The Bertz CT molecular complexity index is 1320. The molecule has 156 valence electrons. The van der Waals surface area contributed by atoms with E-state index in [1.54, 1.807) is 6.08 Å². The maximum Gasteiger partial charge on any atom is 0.279 e. The molecule has 0 fully saturated rings. The SMILES string of the molecule is C=CCn1c(=NC(=O)c2ccc(S(=O)(=O)N(C)C)cc2)sc2cc3c(cc21)OCO3. The molecular weight excluding hydrogens is 426 g/mol. The van der Waals surface area contributed by atoms with Crippen LogP contribution in [0.5, 0.6) is 11.5 Å². The number of ether oxygens (including phenoxy) is 2. The van der Waals surface area contributed by atoms with Crippen LogP contribution in [-0.4, -0.2) is 44.1 Å². The van der Waals surface area contributed by atoms with Crippen molar-refractivity contribution in [3.8, 4) is 11.5 Å². The summed E-state index contributed by atoms with van der Waals surface area (Å²) in [4.78, 5) is 17.6. The van der Waals surface area contributed by atoms with Gasteiger partial charge in [0.15, 0.2) is 16.3 Å². The molecule has 0 radical (unpaired) electrons. The molecule has 0 unspecified atom stereocenters. The first kappa shape index (κ1) is 20.3. The number of fused-ring (bicyclic) bond motifs is 2. The molecule has 1 aromatic heterocycles. The Kier molecular flexibility index (Phi) is 5.22. The molecule has 0 N–H and O–H groups in total. The Balaban J connectivity index is 1.74. The number of amides is 1. The van der Waals surface area contributed by atoms with Gasteiger partial charge in [0.25, 0.3) is 5.91 Å². The smallest absolute Gasteiger partial charge is 0.279 e. The average Bonchev–Trinajstić information content (AvgIpc) is 3.30. The molecule has 0 saturated carbocycles. The standard InChI is InChI=1S/C20H19N3O5S2/c1-4-9-23-15-10-16-17(28-12-27-16)11-18(15)29-20(23)21-19(24)13-5-7-14(8-6-13)30(25,26)22(2)3/h4-8,10-11H,1,9,12H2,2-3H3. The largest absolute Gasteiger partial charge is 0.454 e. The minimum Gasteiger partial charge on any atom is -0.454 e. The predicted molar refractivity (Wildman–Crippen MR) is 113 cm³/mol. The van der Waals surface area contributed by atoms with Gasteiger partial charge in [-0.2, -0.15) is 4.99 Å². The Morgan fingerprint density at radius 1 is 1.23 bits per heavy atom. The number of nitrogens with zero attached hydrogens (tertiary/aromatic N) is 3. The Morgan fingerprint density at radius 3 is 2.53 bits per heavy atom. The molecule has 4 rings (SSSR count). The second-order valence-corrected chi connectivity index (χ2v) is 9.85. The highest BCUT2D eigenvalue weighted by atomic mass is 32.2. The van der Waals surface area contributed by atoms with Crippen molar-refractivity contribution in [3.05, 3.63) is 59.4 Å². The summed E-state index contributed by atoms with van der Waals surface area (Å²) < 4.78 is 39.2. The number of benzene rings is 2. The second kappa shape index (κ2) is 7.71. The van der Waals surface area contributed by atoms with Crippen molar-refractivity contribution in [2.24, 2.45) is 4.99 Å². The minimum absolute atomic E-state index is 0.113. The summed E-state index contributed by atoms with van der Waals surface area (Å²) >= 11 is 1.35. The van der Waals surface area contributed by atoms with Gasteiger partial charge in [-0.25, -0.2) is 12.7 Å². The quantitative estimate of drug-likeness (QED) is 0.563. The van der Waals surface area contributed by atoms with E-state index in [9.17, 15) is 13.2 Å². The van der Waals surface area contributed by atoms with Gasteiger partial charge >= 0.3 is 0 Å². The minimum atomic E-state index is -3.56. The lowest BCUT2D eigenvalue weighted by Crippen LogP contribution is -2.22. The maximum absolute atomic E-state index is 12.7. The lowest BCUT2D eigenvalue weighted by atomic mass is 10.2. The summed E-state index contributed by atoms with van der Waals surface area (Å²) in [6.07, 6.45) is 1.72. The first-order valence-electron chi connectivity index (χ1n) is 8.97. The molecule has 30 heavy (non-hydrogen) atoms. The summed E-state index contributed by atoms with van der Waals surface area (Å²) in [7, 11) is -0.653. The number of sulfonamides is 1. The highest BCUT2D eigenvalue weighted by Gasteiger charge is 2.19. The fraction of sp³-hybridized carbons (Fsp3) is 0.200. The van der Waals surface area contributed by atoms with Crippen LogP contribution in [0, 0.1) is 0 Å². The number of carbonyl (C=O) groups excluding carboxylic acids is 1. The van der Waals surface area contributed by atoms with Crippen LogP contribution in [0.1, 0.15) is 10.4 Å². The number of carbonyl (C=O) groups is 1. The fourth-order valence-electron chi connectivity index (χ4n) is 2.98. The molecule has 3 aromatic rings. The lowest BCUT2D eigenvalue weighted by molar-refractivity contribution is 0.0997. The van der Waals surface area contributed by atoms with E-state index in [1.807, 2.05) is 16.7 Å². The van der Waals surface area contributed by atoms with Crippen molar-refractivity contribution < 1.29 is 22.7 Å². The first-order chi connectivity index (χ1) is 14.3. The molecule has 10 heteroatoms. The zero-order valence-corrected chi connectivity index (χ0v) is 18.0. The molecule has 1 aliphatic rings. The molecule has 2 aromatic carbocycles. The van der Waals surface area contributed by atoms with E-state index in [4.69, 9.17) is 9.47 Å². The van der Waals surface area contributed by atoms with Crippen LogP contribution in [0.15, 0.2) is 58.9 Å². The molecular formula is C20H19N3O5S2. The van der Waals surface area contributed by atoms with Gasteiger partial charge in [-0.05, 0) is 24.3 Å². The second-order valence-electron chi connectivity index (χ2n) is 6.69.